The number of amides is 1. The predicted octanol–water partition coefficient (Wildman–Crippen LogP) is 4.05. The van der Waals surface area contributed by atoms with E-state index >= 15 is 0 Å². The molecule has 2 atom stereocenters. The van der Waals surface area contributed by atoms with E-state index in [1.165, 1.54) is 18.4 Å². The number of aliphatic hydroxyl groups excluding tert-OH is 1. The van der Waals surface area contributed by atoms with Gasteiger partial charge in [-0.1, -0.05) is 49.3 Å². The monoisotopic (exact) mass is 399 g/mol. The van der Waals surface area contributed by atoms with Crippen molar-refractivity contribution in [3.8, 4) is 0 Å². The van der Waals surface area contributed by atoms with Gasteiger partial charge in [-0.15, -0.1) is 0 Å². The van der Waals surface area contributed by atoms with E-state index in [0.717, 1.165) is 31.2 Å². The first-order valence-electron chi connectivity index (χ1n) is 11.0. The van der Waals surface area contributed by atoms with Gasteiger partial charge in [-0.2, -0.15) is 0 Å². The second kappa shape index (κ2) is 10.6. The van der Waals surface area contributed by atoms with Crippen LogP contribution < -0.4 is 0 Å². The molecule has 1 amide bonds. The topological polar surface area (TPSA) is 77.8 Å². The summed E-state index contributed by atoms with van der Waals surface area (Å²) >= 11 is 0. The van der Waals surface area contributed by atoms with Gasteiger partial charge in [0.2, 0.25) is 5.91 Å². The molecule has 0 bridgehead atoms. The fraction of sp³-hybridized carbons (Fsp3) is 0.583. The smallest absolute Gasteiger partial charge is 0.303 e. The number of carbonyl (C=O) groups is 2. The highest BCUT2D eigenvalue weighted by atomic mass is 16.4. The van der Waals surface area contributed by atoms with E-state index in [-0.39, 0.29) is 18.4 Å². The molecule has 1 aliphatic heterocycles. The second-order valence-electron chi connectivity index (χ2n) is 8.43. The van der Waals surface area contributed by atoms with Crippen LogP contribution in [-0.2, 0) is 16.0 Å². The Morgan fingerprint density at radius 2 is 1.97 bits per heavy atom. The van der Waals surface area contributed by atoms with Crippen molar-refractivity contribution in [1.82, 2.24) is 4.90 Å². The number of rotatable bonds is 12. The van der Waals surface area contributed by atoms with Crippen LogP contribution >= 0.6 is 0 Å². The number of carboxylic acids is 1. The molecule has 158 valence electrons. The summed E-state index contributed by atoms with van der Waals surface area (Å²) in [5.74, 6) is 0.143. The molecule has 2 fully saturated rings. The summed E-state index contributed by atoms with van der Waals surface area (Å²) in [5, 5.41) is 19.1. The van der Waals surface area contributed by atoms with E-state index in [4.69, 9.17) is 5.11 Å². The quantitative estimate of drug-likeness (QED) is 0.411. The van der Waals surface area contributed by atoms with E-state index in [1.54, 1.807) is 0 Å². The number of aliphatic carboxylic acids is 1. The third-order valence-electron chi connectivity index (χ3n) is 5.91. The second-order valence-corrected chi connectivity index (χ2v) is 8.43. The average molecular weight is 400 g/mol. The van der Waals surface area contributed by atoms with Crippen LogP contribution in [0.3, 0.4) is 0 Å². The summed E-state index contributed by atoms with van der Waals surface area (Å²) in [6, 6.07) is 8.60. The Morgan fingerprint density at radius 3 is 2.72 bits per heavy atom. The van der Waals surface area contributed by atoms with Crippen molar-refractivity contribution in [3.05, 3.63) is 47.5 Å². The molecule has 2 N–H and O–H groups in total. The van der Waals surface area contributed by atoms with Gasteiger partial charge >= 0.3 is 5.97 Å². The van der Waals surface area contributed by atoms with Gasteiger partial charge in [-0.3, -0.25) is 9.59 Å². The number of carboxylic acid groups (broad SMARTS) is 1. The molecule has 5 heteroatoms. The van der Waals surface area contributed by atoms with Crippen LogP contribution in [0, 0.1) is 0 Å². The zero-order valence-corrected chi connectivity index (χ0v) is 17.1. The van der Waals surface area contributed by atoms with Gasteiger partial charge in [0, 0.05) is 25.8 Å². The maximum atomic E-state index is 12.2. The molecule has 1 saturated heterocycles. The Morgan fingerprint density at radius 1 is 1.17 bits per heavy atom. The van der Waals surface area contributed by atoms with Crippen molar-refractivity contribution >= 4 is 11.9 Å². The fourth-order valence-electron chi connectivity index (χ4n) is 4.12. The minimum Gasteiger partial charge on any atom is -0.481 e. The highest BCUT2D eigenvalue weighted by Gasteiger charge is 2.28. The van der Waals surface area contributed by atoms with Gasteiger partial charge < -0.3 is 15.1 Å². The summed E-state index contributed by atoms with van der Waals surface area (Å²) in [6.07, 6.45) is 11.4. The summed E-state index contributed by atoms with van der Waals surface area (Å²) in [6.45, 7) is 0.709. The van der Waals surface area contributed by atoms with Crippen molar-refractivity contribution < 1.29 is 19.8 Å². The molecule has 2 aliphatic rings. The van der Waals surface area contributed by atoms with Gasteiger partial charge in [-0.25, -0.2) is 0 Å². The minimum absolute atomic E-state index is 0.0639. The third-order valence-corrected chi connectivity index (χ3v) is 5.91. The molecule has 29 heavy (non-hydrogen) atoms. The predicted molar refractivity (Wildman–Crippen MR) is 113 cm³/mol. The Labute approximate surface area is 173 Å². The van der Waals surface area contributed by atoms with Gasteiger partial charge in [0.1, 0.15) is 0 Å². The Bertz CT molecular complexity index is 725. The largest absolute Gasteiger partial charge is 0.481 e. The van der Waals surface area contributed by atoms with Crippen LogP contribution in [0.5, 0.6) is 0 Å². The van der Waals surface area contributed by atoms with Gasteiger partial charge in [-0.05, 0) is 49.1 Å². The van der Waals surface area contributed by atoms with Crippen molar-refractivity contribution in [2.75, 3.05) is 6.54 Å². The molecule has 0 aromatic heterocycles. The van der Waals surface area contributed by atoms with Gasteiger partial charge in [0.15, 0.2) is 0 Å². The molecule has 3 rings (SSSR count). The number of nitrogens with zero attached hydrogens (tertiary/aromatic N) is 1. The zero-order chi connectivity index (χ0) is 20.6. The lowest BCUT2D eigenvalue weighted by molar-refractivity contribution is -0.137. The number of hydrogen-bond acceptors (Lipinski definition) is 3. The average Bonchev–Trinajstić information content (AvgIpc) is 3.48. The number of hydrogen-bond donors (Lipinski definition) is 2. The normalized spacial score (nSPS) is 20.5. The first-order chi connectivity index (χ1) is 14.0. The van der Waals surface area contributed by atoms with Crippen molar-refractivity contribution in [3.63, 3.8) is 0 Å². The molecular weight excluding hydrogens is 366 g/mol. The van der Waals surface area contributed by atoms with Crippen LogP contribution in [0.1, 0.15) is 74.8 Å². The van der Waals surface area contributed by atoms with Crippen LogP contribution in [-0.4, -0.2) is 45.7 Å². The molecule has 5 nitrogen and oxygen atoms in total. The van der Waals surface area contributed by atoms with Gasteiger partial charge in [0.05, 0.1) is 12.1 Å². The number of unbranched alkanes of at least 4 members (excludes halogenated alkanes) is 3. The lowest BCUT2D eigenvalue weighted by atomic mass is 10.0. The summed E-state index contributed by atoms with van der Waals surface area (Å²) < 4.78 is 0. The number of aliphatic hydroxyl groups is 1. The fourth-order valence-corrected chi connectivity index (χ4v) is 4.12. The van der Waals surface area contributed by atoms with Crippen molar-refractivity contribution in [1.29, 1.82) is 0 Å². The highest BCUT2D eigenvalue weighted by molar-refractivity contribution is 5.79. The zero-order valence-electron chi connectivity index (χ0n) is 17.1. The van der Waals surface area contributed by atoms with E-state index < -0.39 is 12.1 Å². The van der Waals surface area contributed by atoms with Crippen LogP contribution in [0.4, 0.5) is 0 Å². The maximum absolute atomic E-state index is 12.2. The molecule has 1 aromatic rings. The highest BCUT2D eigenvalue weighted by Crippen LogP contribution is 2.40. The van der Waals surface area contributed by atoms with Crippen LogP contribution in [0.25, 0.3) is 0 Å². The standard InChI is InChI=1S/C24H33NO4/c26-22(17-18-6-5-7-20(16-18)19-9-10-19)13-11-21-12-14-23(27)25(21)15-4-2-1-3-8-24(28)29/h5-7,11,13,16,19,21-22,26H,1-4,8-10,12,14-15,17H2,(H,28,29)/b13-11+/t21-,22+/m0/s1. The Kier molecular flexibility index (Phi) is 7.87. The first-order valence-corrected chi connectivity index (χ1v) is 11.0. The van der Waals surface area contributed by atoms with Gasteiger partial charge in [0.25, 0.3) is 0 Å². The molecular formula is C24H33NO4. The molecule has 1 saturated carbocycles. The van der Waals surface area contributed by atoms with Crippen molar-refractivity contribution in [2.24, 2.45) is 0 Å². The summed E-state index contributed by atoms with van der Waals surface area (Å²) in [5.41, 5.74) is 2.54. The maximum Gasteiger partial charge on any atom is 0.303 e. The lowest BCUT2D eigenvalue weighted by Gasteiger charge is -2.22. The minimum atomic E-state index is -0.747. The molecule has 0 spiro atoms. The Balaban J connectivity index is 1.43. The lowest BCUT2D eigenvalue weighted by Crippen LogP contribution is -2.32. The SMILES string of the molecule is O=C(O)CCCCCCN1C(=O)CC[C@@H]1/C=C/[C@@H](O)Cc1cccc(C2CC2)c1. The molecule has 1 aliphatic carbocycles. The van der Waals surface area contributed by atoms with Crippen molar-refractivity contribution in [2.45, 2.75) is 82.3 Å². The Hall–Kier alpha value is -2.14. The molecule has 1 heterocycles. The third kappa shape index (κ3) is 7.00. The first kappa shape index (κ1) is 21.6. The number of benzene rings is 1. The van der Waals surface area contributed by atoms with E-state index in [0.29, 0.717) is 31.7 Å². The molecule has 0 unspecified atom stereocenters. The van der Waals surface area contributed by atoms with E-state index in [2.05, 4.69) is 24.3 Å². The van der Waals surface area contributed by atoms with Crippen LogP contribution in [0.15, 0.2) is 36.4 Å². The number of likely N-dealkylation sites (tertiary alicyclic amines) is 1. The van der Waals surface area contributed by atoms with E-state index in [9.17, 15) is 14.7 Å². The summed E-state index contributed by atoms with van der Waals surface area (Å²) in [4.78, 5) is 24.6. The number of carbonyl (C=O) groups excluding carboxylic acids is 1. The van der Waals surface area contributed by atoms with Crippen LogP contribution in [0.2, 0.25) is 0 Å². The van der Waals surface area contributed by atoms with E-state index in [1.807, 2.05) is 17.1 Å². The molecule has 0 radical (unpaired) electrons. The summed E-state index contributed by atoms with van der Waals surface area (Å²) in [7, 11) is 0. The molecule has 1 aromatic carbocycles.